The molecule has 2 N–H and O–H groups in total. The van der Waals surface area contributed by atoms with E-state index in [2.05, 4.69) is 0 Å². The van der Waals surface area contributed by atoms with Crippen molar-refractivity contribution in [1.29, 1.82) is 0 Å². The average Bonchev–Trinajstić information content (AvgIpc) is 2.39. The standard InChI is InChI=1S/C14H15NO3S/c1-10-4-3-5-11(8-10)19(16,17)12-6-7-13(15)14(9-12)18-2/h3-9H,15H2,1-2H3. The highest BCUT2D eigenvalue weighted by Crippen LogP contribution is 2.28. The van der Waals surface area contributed by atoms with Gasteiger partial charge in [0.25, 0.3) is 0 Å². The third kappa shape index (κ3) is 2.56. The van der Waals surface area contributed by atoms with Gasteiger partial charge in [0.15, 0.2) is 0 Å². The molecule has 0 saturated heterocycles. The van der Waals surface area contributed by atoms with Crippen LogP contribution in [-0.2, 0) is 9.84 Å². The van der Waals surface area contributed by atoms with Crippen molar-refractivity contribution < 1.29 is 13.2 Å². The van der Waals surface area contributed by atoms with Crippen LogP contribution in [-0.4, -0.2) is 15.5 Å². The molecule has 0 fully saturated rings. The molecular formula is C14H15NO3S. The Morgan fingerprint density at radius 1 is 1.05 bits per heavy atom. The molecule has 0 saturated carbocycles. The number of hydrogen-bond acceptors (Lipinski definition) is 4. The van der Waals surface area contributed by atoms with Gasteiger partial charge in [-0.1, -0.05) is 12.1 Å². The Morgan fingerprint density at radius 2 is 1.74 bits per heavy atom. The maximum absolute atomic E-state index is 12.5. The predicted octanol–water partition coefficient (Wildman–Crippen LogP) is 2.42. The average molecular weight is 277 g/mol. The first-order chi connectivity index (χ1) is 8.95. The van der Waals surface area contributed by atoms with Crippen LogP contribution in [0.4, 0.5) is 5.69 Å². The molecule has 19 heavy (non-hydrogen) atoms. The number of sulfone groups is 1. The smallest absolute Gasteiger partial charge is 0.206 e. The molecule has 0 amide bonds. The quantitative estimate of drug-likeness (QED) is 0.875. The first kappa shape index (κ1) is 13.4. The van der Waals surface area contributed by atoms with Gasteiger partial charge >= 0.3 is 0 Å². The number of anilines is 1. The molecule has 4 nitrogen and oxygen atoms in total. The minimum absolute atomic E-state index is 0.171. The van der Waals surface area contributed by atoms with E-state index in [4.69, 9.17) is 10.5 Å². The Hall–Kier alpha value is -2.01. The summed E-state index contributed by atoms with van der Waals surface area (Å²) in [6.45, 7) is 1.85. The summed E-state index contributed by atoms with van der Waals surface area (Å²) in [6, 6.07) is 11.2. The van der Waals surface area contributed by atoms with E-state index in [9.17, 15) is 8.42 Å². The number of nitrogens with two attached hydrogens (primary N) is 1. The molecular weight excluding hydrogens is 262 g/mol. The molecule has 0 aliphatic rings. The van der Waals surface area contributed by atoms with Crippen molar-refractivity contribution in [2.45, 2.75) is 16.7 Å². The largest absolute Gasteiger partial charge is 0.495 e. The first-order valence-electron chi connectivity index (χ1n) is 5.70. The molecule has 0 bridgehead atoms. The number of hydrogen-bond donors (Lipinski definition) is 1. The van der Waals surface area contributed by atoms with Gasteiger partial charge in [-0.2, -0.15) is 0 Å². The summed E-state index contributed by atoms with van der Waals surface area (Å²) in [5, 5.41) is 0. The minimum Gasteiger partial charge on any atom is -0.495 e. The summed E-state index contributed by atoms with van der Waals surface area (Å²) in [5.74, 6) is 0.355. The summed E-state index contributed by atoms with van der Waals surface area (Å²) in [5.41, 5.74) is 6.99. The third-order valence-corrected chi connectivity index (χ3v) is 4.56. The van der Waals surface area contributed by atoms with E-state index >= 15 is 0 Å². The zero-order valence-corrected chi connectivity index (χ0v) is 11.6. The van der Waals surface area contributed by atoms with E-state index in [0.717, 1.165) is 5.56 Å². The van der Waals surface area contributed by atoms with Gasteiger partial charge in [0.05, 0.1) is 22.6 Å². The van der Waals surface area contributed by atoms with Crippen molar-refractivity contribution in [2.24, 2.45) is 0 Å². The molecule has 0 heterocycles. The van der Waals surface area contributed by atoms with Crippen LogP contribution < -0.4 is 10.5 Å². The Morgan fingerprint density at radius 3 is 2.37 bits per heavy atom. The molecule has 0 spiro atoms. The summed E-state index contributed by atoms with van der Waals surface area (Å²) in [6.07, 6.45) is 0. The molecule has 2 aromatic carbocycles. The minimum atomic E-state index is -3.55. The van der Waals surface area contributed by atoms with Crippen LogP contribution >= 0.6 is 0 Å². The lowest BCUT2D eigenvalue weighted by Gasteiger charge is -2.09. The topological polar surface area (TPSA) is 69.4 Å². The van der Waals surface area contributed by atoms with Crippen LogP contribution in [0.3, 0.4) is 0 Å². The van der Waals surface area contributed by atoms with Gasteiger partial charge in [-0.15, -0.1) is 0 Å². The monoisotopic (exact) mass is 277 g/mol. The summed E-state index contributed by atoms with van der Waals surface area (Å²) in [7, 11) is -2.09. The maximum Gasteiger partial charge on any atom is 0.206 e. The number of rotatable bonds is 3. The van der Waals surface area contributed by atoms with Crippen LogP contribution in [0.25, 0.3) is 0 Å². The van der Waals surface area contributed by atoms with Crippen LogP contribution in [0.1, 0.15) is 5.56 Å². The van der Waals surface area contributed by atoms with E-state index < -0.39 is 9.84 Å². The maximum atomic E-state index is 12.5. The zero-order valence-electron chi connectivity index (χ0n) is 10.8. The van der Waals surface area contributed by atoms with E-state index in [1.807, 2.05) is 13.0 Å². The number of nitrogen functional groups attached to an aromatic ring is 1. The summed E-state index contributed by atoms with van der Waals surface area (Å²) >= 11 is 0. The molecule has 0 unspecified atom stereocenters. The fraction of sp³-hybridized carbons (Fsp3) is 0.143. The van der Waals surface area contributed by atoms with Crippen molar-refractivity contribution in [3.63, 3.8) is 0 Å². The lowest BCUT2D eigenvalue weighted by molar-refractivity contribution is 0.415. The molecule has 0 radical (unpaired) electrons. The van der Waals surface area contributed by atoms with Crippen molar-refractivity contribution >= 4 is 15.5 Å². The number of ether oxygens (including phenoxy) is 1. The fourth-order valence-electron chi connectivity index (χ4n) is 1.78. The van der Waals surface area contributed by atoms with E-state index in [1.165, 1.54) is 25.3 Å². The molecule has 2 aromatic rings. The first-order valence-corrected chi connectivity index (χ1v) is 7.19. The van der Waals surface area contributed by atoms with Crippen molar-refractivity contribution in [3.8, 4) is 5.75 Å². The molecule has 5 heteroatoms. The second-order valence-electron chi connectivity index (χ2n) is 4.22. The van der Waals surface area contributed by atoms with Crippen LogP contribution in [0.15, 0.2) is 52.3 Å². The Balaban J connectivity index is 2.57. The zero-order chi connectivity index (χ0) is 14.0. The van der Waals surface area contributed by atoms with E-state index in [1.54, 1.807) is 18.2 Å². The number of methoxy groups -OCH3 is 1. The predicted molar refractivity (Wildman–Crippen MR) is 74.0 cm³/mol. The summed E-state index contributed by atoms with van der Waals surface area (Å²) < 4.78 is 30.0. The molecule has 100 valence electrons. The summed E-state index contributed by atoms with van der Waals surface area (Å²) in [4.78, 5) is 0.434. The number of benzene rings is 2. The molecule has 0 aromatic heterocycles. The van der Waals surface area contributed by atoms with Gasteiger partial charge in [-0.05, 0) is 36.8 Å². The van der Waals surface area contributed by atoms with Gasteiger partial charge in [-0.25, -0.2) is 8.42 Å². The van der Waals surface area contributed by atoms with Gasteiger partial charge in [0.1, 0.15) is 5.75 Å². The SMILES string of the molecule is COc1cc(S(=O)(=O)c2cccc(C)c2)ccc1N. The van der Waals surface area contributed by atoms with Crippen molar-refractivity contribution in [3.05, 3.63) is 48.0 Å². The third-order valence-electron chi connectivity index (χ3n) is 2.82. The fourth-order valence-corrected chi connectivity index (χ4v) is 3.16. The van der Waals surface area contributed by atoms with Gasteiger partial charge in [-0.3, -0.25) is 0 Å². The van der Waals surface area contributed by atoms with Crippen LogP contribution in [0.5, 0.6) is 5.75 Å². The second kappa shape index (κ2) is 4.93. The molecule has 0 aliphatic heterocycles. The highest BCUT2D eigenvalue weighted by Gasteiger charge is 2.19. The second-order valence-corrected chi connectivity index (χ2v) is 6.17. The number of aryl methyl sites for hydroxylation is 1. The molecule has 0 aliphatic carbocycles. The van der Waals surface area contributed by atoms with Crippen molar-refractivity contribution in [1.82, 2.24) is 0 Å². The van der Waals surface area contributed by atoms with E-state index in [-0.39, 0.29) is 9.79 Å². The van der Waals surface area contributed by atoms with Crippen molar-refractivity contribution in [2.75, 3.05) is 12.8 Å². The Kier molecular flexibility index (Phi) is 3.48. The molecule has 0 atom stereocenters. The van der Waals surface area contributed by atoms with Crippen LogP contribution in [0, 0.1) is 6.92 Å². The lowest BCUT2D eigenvalue weighted by atomic mass is 10.2. The van der Waals surface area contributed by atoms with Crippen LogP contribution in [0.2, 0.25) is 0 Å². The molecule has 2 rings (SSSR count). The highest BCUT2D eigenvalue weighted by atomic mass is 32.2. The lowest BCUT2D eigenvalue weighted by Crippen LogP contribution is -2.03. The Bertz CT molecular complexity index is 708. The van der Waals surface area contributed by atoms with Gasteiger partial charge in [0.2, 0.25) is 9.84 Å². The normalized spacial score (nSPS) is 11.3. The Labute approximate surface area is 112 Å². The highest BCUT2D eigenvalue weighted by molar-refractivity contribution is 7.91. The van der Waals surface area contributed by atoms with Gasteiger partial charge in [0, 0.05) is 6.07 Å². The van der Waals surface area contributed by atoms with E-state index in [0.29, 0.717) is 11.4 Å². The van der Waals surface area contributed by atoms with Gasteiger partial charge < -0.3 is 10.5 Å².